The lowest BCUT2D eigenvalue weighted by Crippen LogP contribution is -2.45. The van der Waals surface area contributed by atoms with Crippen molar-refractivity contribution in [1.82, 2.24) is 15.6 Å². The maximum Gasteiger partial charge on any atom is 0.391 e. The minimum absolute atomic E-state index is 0. The number of halogens is 4. The lowest BCUT2D eigenvalue weighted by molar-refractivity contribution is -0.182. The lowest BCUT2D eigenvalue weighted by atomic mass is 9.85. The van der Waals surface area contributed by atoms with E-state index in [1.165, 1.54) is 0 Å². The van der Waals surface area contributed by atoms with E-state index in [9.17, 15) is 13.2 Å². The Bertz CT molecular complexity index is 518. The van der Waals surface area contributed by atoms with E-state index < -0.39 is 12.1 Å². The molecule has 0 amide bonds. The molecule has 0 aliphatic heterocycles. The van der Waals surface area contributed by atoms with Crippen LogP contribution in [0.5, 0.6) is 0 Å². The molecule has 1 aromatic rings. The summed E-state index contributed by atoms with van der Waals surface area (Å²) < 4.78 is 39.3. The number of nitrogens with one attached hydrogen (secondary N) is 2. The number of aromatic nitrogens is 1. The summed E-state index contributed by atoms with van der Waals surface area (Å²) in [7, 11) is 0. The van der Waals surface area contributed by atoms with E-state index in [0.29, 0.717) is 25.3 Å². The van der Waals surface area contributed by atoms with Gasteiger partial charge in [0.1, 0.15) is 4.34 Å². The molecule has 10 heteroatoms. The van der Waals surface area contributed by atoms with Crippen LogP contribution in [0.4, 0.5) is 13.2 Å². The van der Waals surface area contributed by atoms with Gasteiger partial charge in [-0.05, 0) is 39.0 Å². The standard InChI is InChI=1S/C16H25F3N4S2.HI/c1-2-20-14(21-8-3-10-24-15-22-9-11-25-15)23-13-6-4-12(5-7-13)16(17,18)19;/h9,11-13H,2-8,10H2,1H3,(H2,20,21,23);1H. The maximum absolute atomic E-state index is 12.7. The second kappa shape index (κ2) is 12.3. The van der Waals surface area contributed by atoms with E-state index in [1.807, 2.05) is 12.3 Å². The Morgan fingerprint density at radius 3 is 2.65 bits per heavy atom. The van der Waals surface area contributed by atoms with E-state index in [1.54, 1.807) is 29.3 Å². The predicted molar refractivity (Wildman–Crippen MR) is 114 cm³/mol. The van der Waals surface area contributed by atoms with Crippen LogP contribution in [0.2, 0.25) is 0 Å². The third-order valence-corrected chi connectivity index (χ3v) is 6.13. The lowest BCUT2D eigenvalue weighted by Gasteiger charge is -2.31. The van der Waals surface area contributed by atoms with Crippen LogP contribution >= 0.6 is 47.1 Å². The molecule has 0 radical (unpaired) electrons. The normalized spacial score (nSPS) is 21.2. The van der Waals surface area contributed by atoms with Gasteiger partial charge >= 0.3 is 6.18 Å². The van der Waals surface area contributed by atoms with Crippen molar-refractivity contribution in [1.29, 1.82) is 0 Å². The number of alkyl halides is 3. The first-order valence-corrected chi connectivity index (χ1v) is 10.5. The van der Waals surface area contributed by atoms with Gasteiger partial charge in [-0.2, -0.15) is 13.2 Å². The van der Waals surface area contributed by atoms with Crippen LogP contribution in [0.3, 0.4) is 0 Å². The molecule has 1 aliphatic carbocycles. The van der Waals surface area contributed by atoms with E-state index in [-0.39, 0.29) is 42.9 Å². The molecule has 2 rings (SSSR count). The molecule has 0 bridgehead atoms. The minimum atomic E-state index is -4.06. The first kappa shape index (κ1) is 23.8. The molecule has 26 heavy (non-hydrogen) atoms. The van der Waals surface area contributed by atoms with Gasteiger partial charge < -0.3 is 10.6 Å². The second-order valence-corrected chi connectivity index (χ2v) is 8.23. The highest BCUT2D eigenvalue weighted by Crippen LogP contribution is 2.37. The van der Waals surface area contributed by atoms with Crippen LogP contribution in [0.15, 0.2) is 20.9 Å². The van der Waals surface area contributed by atoms with E-state index in [0.717, 1.165) is 23.1 Å². The molecule has 0 spiro atoms. The van der Waals surface area contributed by atoms with Crippen molar-refractivity contribution in [3.63, 3.8) is 0 Å². The van der Waals surface area contributed by atoms with E-state index >= 15 is 0 Å². The highest BCUT2D eigenvalue weighted by atomic mass is 127. The number of hydrogen-bond donors (Lipinski definition) is 2. The van der Waals surface area contributed by atoms with Crippen LogP contribution in [-0.2, 0) is 0 Å². The SMILES string of the molecule is CCNC(=NCCCSc1nccs1)NC1CCC(C(F)(F)F)CC1.I. The number of guanidine groups is 1. The monoisotopic (exact) mass is 522 g/mol. The van der Waals surface area contributed by atoms with Gasteiger partial charge in [0.2, 0.25) is 0 Å². The summed E-state index contributed by atoms with van der Waals surface area (Å²) in [5.74, 6) is 0.512. The molecule has 1 heterocycles. The Balaban J connectivity index is 0.00000338. The third-order valence-electron chi connectivity index (χ3n) is 4.08. The van der Waals surface area contributed by atoms with Gasteiger partial charge in [0.15, 0.2) is 5.96 Å². The molecular weight excluding hydrogens is 496 g/mol. The van der Waals surface area contributed by atoms with Crippen molar-refractivity contribution in [2.45, 2.75) is 55.6 Å². The third kappa shape index (κ3) is 8.64. The number of rotatable bonds is 7. The molecule has 150 valence electrons. The number of thioether (sulfide) groups is 1. The highest BCUT2D eigenvalue weighted by Gasteiger charge is 2.41. The van der Waals surface area contributed by atoms with Gasteiger partial charge in [0.05, 0.1) is 5.92 Å². The fourth-order valence-electron chi connectivity index (χ4n) is 2.77. The van der Waals surface area contributed by atoms with Crippen LogP contribution < -0.4 is 10.6 Å². The van der Waals surface area contributed by atoms with Gasteiger partial charge in [-0.25, -0.2) is 4.98 Å². The van der Waals surface area contributed by atoms with Crippen LogP contribution in [0, 0.1) is 5.92 Å². The number of nitrogens with zero attached hydrogens (tertiary/aromatic N) is 2. The van der Waals surface area contributed by atoms with Gasteiger partial charge in [-0.1, -0.05) is 11.8 Å². The molecule has 2 N–H and O–H groups in total. The Kier molecular flexibility index (Phi) is 11.2. The van der Waals surface area contributed by atoms with Crippen molar-refractivity contribution in [2.75, 3.05) is 18.8 Å². The summed E-state index contributed by atoms with van der Waals surface area (Å²) in [5, 5.41) is 8.42. The minimum Gasteiger partial charge on any atom is -0.357 e. The summed E-state index contributed by atoms with van der Waals surface area (Å²) in [5.41, 5.74) is 0. The van der Waals surface area contributed by atoms with Gasteiger partial charge in [0.25, 0.3) is 0 Å². The van der Waals surface area contributed by atoms with E-state index in [4.69, 9.17) is 0 Å². The maximum atomic E-state index is 12.7. The molecule has 0 atom stereocenters. The van der Waals surface area contributed by atoms with Crippen molar-refractivity contribution in [3.05, 3.63) is 11.6 Å². The molecule has 1 aromatic heterocycles. The predicted octanol–water partition coefficient (Wildman–Crippen LogP) is 4.92. The number of hydrogen-bond acceptors (Lipinski definition) is 4. The zero-order chi connectivity index (χ0) is 18.1. The molecule has 1 aliphatic rings. The Morgan fingerprint density at radius 1 is 1.35 bits per heavy atom. The largest absolute Gasteiger partial charge is 0.391 e. The average molecular weight is 522 g/mol. The molecular formula is C16H26F3IN4S2. The summed E-state index contributed by atoms with van der Waals surface area (Å²) in [4.78, 5) is 8.76. The van der Waals surface area contributed by atoms with Crippen molar-refractivity contribution >= 4 is 53.0 Å². The second-order valence-electron chi connectivity index (χ2n) is 6.00. The zero-order valence-corrected chi connectivity index (χ0v) is 18.7. The van der Waals surface area contributed by atoms with Crippen molar-refractivity contribution < 1.29 is 13.2 Å². The van der Waals surface area contributed by atoms with Crippen molar-refractivity contribution in [2.24, 2.45) is 10.9 Å². The number of aliphatic imine (C=N–C) groups is 1. The van der Waals surface area contributed by atoms with Gasteiger partial charge in [0, 0.05) is 36.5 Å². The van der Waals surface area contributed by atoms with Crippen LogP contribution in [-0.4, -0.2) is 42.0 Å². The van der Waals surface area contributed by atoms with Crippen molar-refractivity contribution in [3.8, 4) is 0 Å². The summed E-state index contributed by atoms with van der Waals surface area (Å²) in [6.45, 7) is 3.40. The van der Waals surface area contributed by atoms with Gasteiger partial charge in [-0.15, -0.1) is 35.3 Å². The first-order valence-electron chi connectivity index (χ1n) is 8.63. The van der Waals surface area contributed by atoms with Gasteiger partial charge in [-0.3, -0.25) is 4.99 Å². The average Bonchev–Trinajstić information content (AvgIpc) is 3.08. The van der Waals surface area contributed by atoms with Crippen LogP contribution in [0.25, 0.3) is 0 Å². The highest BCUT2D eigenvalue weighted by molar-refractivity contribution is 14.0. The number of thiazole rings is 1. The summed E-state index contributed by atoms with van der Waals surface area (Å²) >= 11 is 3.35. The van der Waals surface area contributed by atoms with E-state index in [2.05, 4.69) is 20.6 Å². The molecule has 0 unspecified atom stereocenters. The first-order chi connectivity index (χ1) is 12.0. The fourth-order valence-corrected chi connectivity index (χ4v) is 4.41. The quantitative estimate of drug-likeness (QED) is 0.176. The molecule has 1 fully saturated rings. The zero-order valence-electron chi connectivity index (χ0n) is 14.7. The topological polar surface area (TPSA) is 49.3 Å². The summed E-state index contributed by atoms with van der Waals surface area (Å²) in [6.07, 6.45) is 0.144. The Labute approximate surface area is 178 Å². The molecule has 0 aromatic carbocycles. The fraction of sp³-hybridized carbons (Fsp3) is 0.750. The summed E-state index contributed by atoms with van der Waals surface area (Å²) in [6, 6.07) is 0.0705. The Morgan fingerprint density at radius 2 is 2.08 bits per heavy atom. The molecule has 1 saturated carbocycles. The van der Waals surface area contributed by atoms with Crippen LogP contribution in [0.1, 0.15) is 39.0 Å². The Hall–Kier alpha value is -0.230. The molecule has 4 nitrogen and oxygen atoms in total. The molecule has 0 saturated heterocycles. The smallest absolute Gasteiger partial charge is 0.357 e.